The Morgan fingerprint density at radius 3 is 2.77 bits per heavy atom. The third-order valence-electron chi connectivity index (χ3n) is 4.48. The molecule has 6 nitrogen and oxygen atoms in total. The van der Waals surface area contributed by atoms with Crippen LogP contribution >= 0.6 is 15.9 Å². The SMILES string of the molecule is COc1cc([C@H]2CC(=O)Nc3c2ncn3-c2ccc(Br)cc2)ccc1O. The molecule has 132 valence electrons. The molecule has 26 heavy (non-hydrogen) atoms. The Morgan fingerprint density at radius 1 is 1.27 bits per heavy atom. The van der Waals surface area contributed by atoms with E-state index in [1.54, 1.807) is 24.5 Å². The Morgan fingerprint density at radius 2 is 2.04 bits per heavy atom. The van der Waals surface area contributed by atoms with E-state index in [0.29, 0.717) is 11.6 Å². The van der Waals surface area contributed by atoms with E-state index in [2.05, 4.69) is 26.2 Å². The van der Waals surface area contributed by atoms with E-state index in [4.69, 9.17) is 4.74 Å². The molecule has 2 heterocycles. The van der Waals surface area contributed by atoms with Crippen LogP contribution in [0.2, 0.25) is 0 Å². The number of aromatic hydroxyl groups is 1. The van der Waals surface area contributed by atoms with Gasteiger partial charge in [0.1, 0.15) is 12.1 Å². The van der Waals surface area contributed by atoms with Crippen LogP contribution in [0, 0.1) is 0 Å². The van der Waals surface area contributed by atoms with E-state index in [0.717, 1.165) is 21.4 Å². The summed E-state index contributed by atoms with van der Waals surface area (Å²) in [5.41, 5.74) is 2.57. The molecular formula is C19H16BrN3O3. The molecule has 1 aliphatic rings. The van der Waals surface area contributed by atoms with Crippen molar-refractivity contribution in [2.45, 2.75) is 12.3 Å². The molecule has 1 aromatic heterocycles. The van der Waals surface area contributed by atoms with Gasteiger partial charge in [-0.25, -0.2) is 4.98 Å². The molecule has 3 aromatic rings. The Bertz CT molecular complexity index is 982. The van der Waals surface area contributed by atoms with Crippen LogP contribution in [-0.2, 0) is 4.79 Å². The lowest BCUT2D eigenvalue weighted by Crippen LogP contribution is -2.24. The normalized spacial score (nSPS) is 16.1. The van der Waals surface area contributed by atoms with Gasteiger partial charge in [-0.05, 0) is 42.0 Å². The first kappa shape index (κ1) is 16.7. The third-order valence-corrected chi connectivity index (χ3v) is 5.01. The number of methoxy groups -OCH3 is 1. The molecule has 0 aliphatic carbocycles. The van der Waals surface area contributed by atoms with Gasteiger partial charge in [0.05, 0.1) is 12.8 Å². The van der Waals surface area contributed by atoms with Gasteiger partial charge in [0.2, 0.25) is 5.91 Å². The van der Waals surface area contributed by atoms with Crippen molar-refractivity contribution in [2.75, 3.05) is 12.4 Å². The smallest absolute Gasteiger partial charge is 0.226 e. The van der Waals surface area contributed by atoms with E-state index < -0.39 is 0 Å². The summed E-state index contributed by atoms with van der Waals surface area (Å²) in [4.78, 5) is 16.9. The van der Waals surface area contributed by atoms with Crippen molar-refractivity contribution >= 4 is 27.7 Å². The Labute approximate surface area is 158 Å². The summed E-state index contributed by atoms with van der Waals surface area (Å²) in [6.07, 6.45) is 2.00. The number of aromatic nitrogens is 2. The van der Waals surface area contributed by atoms with Crippen molar-refractivity contribution in [3.8, 4) is 17.2 Å². The third kappa shape index (κ3) is 2.84. The minimum atomic E-state index is -0.204. The van der Waals surface area contributed by atoms with Crippen molar-refractivity contribution in [1.82, 2.24) is 9.55 Å². The van der Waals surface area contributed by atoms with Crippen LogP contribution in [0.15, 0.2) is 53.3 Å². The summed E-state index contributed by atoms with van der Waals surface area (Å²) >= 11 is 3.43. The number of hydrogen-bond donors (Lipinski definition) is 2. The second-order valence-corrected chi connectivity index (χ2v) is 6.98. The zero-order valence-corrected chi connectivity index (χ0v) is 15.5. The molecule has 1 atom stereocenters. The van der Waals surface area contributed by atoms with Crippen LogP contribution in [0.5, 0.6) is 11.5 Å². The average molecular weight is 414 g/mol. The minimum absolute atomic E-state index is 0.0668. The predicted molar refractivity (Wildman–Crippen MR) is 101 cm³/mol. The first-order valence-electron chi connectivity index (χ1n) is 8.06. The van der Waals surface area contributed by atoms with Crippen molar-refractivity contribution in [3.05, 3.63) is 64.5 Å². The number of phenols is 1. The quantitative estimate of drug-likeness (QED) is 0.683. The van der Waals surface area contributed by atoms with Crippen LogP contribution in [-0.4, -0.2) is 27.7 Å². The number of fused-ring (bicyclic) bond motifs is 1. The summed E-state index contributed by atoms with van der Waals surface area (Å²) in [7, 11) is 1.50. The highest BCUT2D eigenvalue weighted by atomic mass is 79.9. The molecule has 0 radical (unpaired) electrons. The van der Waals surface area contributed by atoms with E-state index in [1.807, 2.05) is 28.8 Å². The number of nitrogens with zero attached hydrogens (tertiary/aromatic N) is 2. The molecule has 1 aliphatic heterocycles. The number of benzene rings is 2. The monoisotopic (exact) mass is 413 g/mol. The molecule has 0 bridgehead atoms. The highest BCUT2D eigenvalue weighted by Gasteiger charge is 2.31. The van der Waals surface area contributed by atoms with Crippen LogP contribution in [0.1, 0.15) is 23.6 Å². The van der Waals surface area contributed by atoms with Crippen LogP contribution < -0.4 is 10.1 Å². The van der Waals surface area contributed by atoms with Gasteiger partial charge in [-0.2, -0.15) is 0 Å². The Kier molecular flexibility index (Phi) is 4.16. The average Bonchev–Trinajstić information content (AvgIpc) is 3.06. The first-order chi connectivity index (χ1) is 12.6. The lowest BCUT2D eigenvalue weighted by molar-refractivity contribution is -0.116. The molecule has 1 amide bonds. The highest BCUT2D eigenvalue weighted by Crippen LogP contribution is 2.39. The molecule has 0 saturated heterocycles. The molecule has 0 saturated carbocycles. The number of carbonyl (C=O) groups excluding carboxylic acids is 1. The van der Waals surface area contributed by atoms with Gasteiger partial charge in [0, 0.05) is 22.5 Å². The van der Waals surface area contributed by atoms with Gasteiger partial charge in [0.25, 0.3) is 0 Å². The zero-order chi connectivity index (χ0) is 18.3. The van der Waals surface area contributed by atoms with Crippen LogP contribution in [0.25, 0.3) is 5.69 Å². The van der Waals surface area contributed by atoms with Crippen molar-refractivity contribution in [3.63, 3.8) is 0 Å². The molecule has 2 N–H and O–H groups in total. The lowest BCUT2D eigenvalue weighted by Gasteiger charge is -2.23. The minimum Gasteiger partial charge on any atom is -0.504 e. The number of anilines is 1. The largest absolute Gasteiger partial charge is 0.504 e. The van der Waals surface area contributed by atoms with E-state index >= 15 is 0 Å². The van der Waals surface area contributed by atoms with E-state index in [9.17, 15) is 9.90 Å². The van der Waals surface area contributed by atoms with Crippen LogP contribution in [0.3, 0.4) is 0 Å². The van der Waals surface area contributed by atoms with Gasteiger partial charge < -0.3 is 15.2 Å². The van der Waals surface area contributed by atoms with Crippen molar-refractivity contribution in [1.29, 1.82) is 0 Å². The van der Waals surface area contributed by atoms with Gasteiger partial charge in [-0.1, -0.05) is 22.0 Å². The number of imidazole rings is 1. The molecule has 4 rings (SSSR count). The van der Waals surface area contributed by atoms with Crippen LogP contribution in [0.4, 0.5) is 5.82 Å². The summed E-state index contributed by atoms with van der Waals surface area (Å²) in [6.45, 7) is 0. The molecule has 0 unspecified atom stereocenters. The standard InChI is InChI=1S/C19H16BrN3O3/c1-26-16-8-11(2-7-15(16)24)14-9-17(25)22-19-18(14)21-10-23(19)13-5-3-12(20)4-6-13/h2-8,10,14,24H,9H2,1H3,(H,22,25)/t14-/m1/s1. The second kappa shape index (κ2) is 6.49. The van der Waals surface area contributed by atoms with Gasteiger partial charge in [-0.3, -0.25) is 9.36 Å². The number of ether oxygens (including phenoxy) is 1. The Hall–Kier alpha value is -2.80. The fraction of sp³-hybridized carbons (Fsp3) is 0.158. The zero-order valence-electron chi connectivity index (χ0n) is 13.9. The fourth-order valence-electron chi connectivity index (χ4n) is 3.19. The number of carbonyl (C=O) groups is 1. The number of hydrogen-bond acceptors (Lipinski definition) is 4. The lowest BCUT2D eigenvalue weighted by atomic mass is 9.89. The topological polar surface area (TPSA) is 76.4 Å². The number of phenolic OH excluding ortho intramolecular Hbond substituents is 1. The summed E-state index contributed by atoms with van der Waals surface area (Å²) in [5.74, 6) is 0.832. The summed E-state index contributed by atoms with van der Waals surface area (Å²) < 4.78 is 8.04. The highest BCUT2D eigenvalue weighted by molar-refractivity contribution is 9.10. The predicted octanol–water partition coefficient (Wildman–Crippen LogP) is 3.82. The Balaban J connectivity index is 1.80. The fourth-order valence-corrected chi connectivity index (χ4v) is 3.46. The van der Waals surface area contributed by atoms with Gasteiger partial charge in [0.15, 0.2) is 11.5 Å². The number of nitrogens with one attached hydrogen (secondary N) is 1. The van der Waals surface area contributed by atoms with Crippen molar-refractivity contribution in [2.24, 2.45) is 0 Å². The van der Waals surface area contributed by atoms with E-state index in [-0.39, 0.29) is 24.0 Å². The number of rotatable bonds is 3. The maximum absolute atomic E-state index is 12.3. The van der Waals surface area contributed by atoms with Gasteiger partial charge >= 0.3 is 0 Å². The molecule has 7 heteroatoms. The first-order valence-corrected chi connectivity index (χ1v) is 8.86. The maximum atomic E-state index is 12.3. The molecule has 2 aromatic carbocycles. The molecule has 0 fully saturated rings. The molecular weight excluding hydrogens is 398 g/mol. The van der Waals surface area contributed by atoms with Crippen molar-refractivity contribution < 1.29 is 14.6 Å². The number of halogens is 1. The van der Waals surface area contributed by atoms with E-state index in [1.165, 1.54) is 7.11 Å². The second-order valence-electron chi connectivity index (χ2n) is 6.06. The number of amides is 1. The maximum Gasteiger partial charge on any atom is 0.226 e. The van der Waals surface area contributed by atoms with Gasteiger partial charge in [-0.15, -0.1) is 0 Å². The summed E-state index contributed by atoms with van der Waals surface area (Å²) in [6, 6.07) is 12.9. The summed E-state index contributed by atoms with van der Waals surface area (Å²) in [5, 5.41) is 12.8. The molecule has 0 spiro atoms.